The fourth-order valence-electron chi connectivity index (χ4n) is 3.32. The maximum Gasteiger partial charge on any atom is 0.191 e. The molecule has 0 bridgehead atoms. The molecule has 0 fully saturated rings. The van der Waals surface area contributed by atoms with Crippen molar-refractivity contribution in [1.82, 2.24) is 25.4 Å². The lowest BCUT2D eigenvalue weighted by atomic mass is 9.84. The zero-order chi connectivity index (χ0) is 19.4. The number of benzene rings is 1. The number of fused-ring (bicyclic) bond motifs is 1. The van der Waals surface area contributed by atoms with Gasteiger partial charge in [-0.05, 0) is 30.5 Å². The third-order valence-electron chi connectivity index (χ3n) is 4.93. The summed E-state index contributed by atoms with van der Waals surface area (Å²) < 4.78 is 15.5. The molecule has 0 saturated carbocycles. The largest absolute Gasteiger partial charge is 0.356 e. The molecule has 0 saturated heterocycles. The molecule has 0 amide bonds. The summed E-state index contributed by atoms with van der Waals surface area (Å²) in [5.74, 6) is 2.33. The number of hydrogen-bond acceptors (Lipinski definition) is 3. The Bertz CT molecular complexity index is 836. The number of nitrogens with one attached hydrogen (secondary N) is 2. The average Bonchev–Trinajstić information content (AvgIpc) is 3.05. The van der Waals surface area contributed by atoms with Crippen LogP contribution in [0.1, 0.15) is 43.9 Å². The van der Waals surface area contributed by atoms with Crippen LogP contribution in [0.4, 0.5) is 4.39 Å². The Morgan fingerprint density at radius 2 is 2.07 bits per heavy atom. The van der Waals surface area contributed by atoms with Gasteiger partial charge < -0.3 is 15.2 Å². The molecule has 2 heterocycles. The minimum absolute atomic E-state index is 0. The lowest BCUT2D eigenvalue weighted by molar-refractivity contribution is 0.498. The number of aryl methyl sites for hydroxylation is 1. The van der Waals surface area contributed by atoms with Crippen LogP contribution in [0.2, 0.25) is 5.02 Å². The van der Waals surface area contributed by atoms with E-state index in [2.05, 4.69) is 44.2 Å². The normalized spacial score (nSPS) is 14.2. The molecule has 1 aromatic heterocycles. The summed E-state index contributed by atoms with van der Waals surface area (Å²) >= 11 is 6.23. The third-order valence-corrected chi connectivity index (χ3v) is 5.24. The highest BCUT2D eigenvalue weighted by molar-refractivity contribution is 14.0. The molecule has 0 spiro atoms. The molecule has 2 N–H and O–H groups in total. The van der Waals surface area contributed by atoms with E-state index in [-0.39, 0.29) is 35.2 Å². The van der Waals surface area contributed by atoms with E-state index < -0.39 is 0 Å². The number of aromatic nitrogens is 3. The third kappa shape index (κ3) is 5.34. The summed E-state index contributed by atoms with van der Waals surface area (Å²) in [6.07, 6.45) is 3.33. The van der Waals surface area contributed by atoms with Crippen LogP contribution in [0.15, 0.2) is 23.2 Å². The van der Waals surface area contributed by atoms with Gasteiger partial charge in [-0.1, -0.05) is 31.5 Å². The number of rotatable bonds is 5. The van der Waals surface area contributed by atoms with Crippen LogP contribution in [0.3, 0.4) is 0 Å². The van der Waals surface area contributed by atoms with Gasteiger partial charge in [-0.2, -0.15) is 0 Å². The van der Waals surface area contributed by atoms with Gasteiger partial charge in [0.25, 0.3) is 0 Å². The van der Waals surface area contributed by atoms with Crippen molar-refractivity contribution in [2.45, 2.75) is 51.6 Å². The molecule has 1 aliphatic heterocycles. The van der Waals surface area contributed by atoms with Crippen LogP contribution >= 0.6 is 35.6 Å². The molecule has 0 unspecified atom stereocenters. The first kappa shape index (κ1) is 22.9. The van der Waals surface area contributed by atoms with Crippen LogP contribution in [-0.4, -0.2) is 34.3 Å². The Labute approximate surface area is 187 Å². The Morgan fingerprint density at radius 1 is 1.29 bits per heavy atom. The second-order valence-corrected chi connectivity index (χ2v) is 7.84. The van der Waals surface area contributed by atoms with Crippen LogP contribution in [0, 0.1) is 5.82 Å². The summed E-state index contributed by atoms with van der Waals surface area (Å²) in [6, 6.07) is 4.52. The van der Waals surface area contributed by atoms with Gasteiger partial charge in [-0.3, -0.25) is 4.99 Å². The predicted molar refractivity (Wildman–Crippen MR) is 121 cm³/mol. The van der Waals surface area contributed by atoms with E-state index in [1.807, 2.05) is 0 Å². The molecule has 1 aliphatic rings. The van der Waals surface area contributed by atoms with Crippen molar-refractivity contribution in [2.75, 3.05) is 13.6 Å². The molecule has 3 rings (SSSR count). The quantitative estimate of drug-likeness (QED) is 0.359. The SMILES string of the molecule is CN=C(NCc1nnc2n1CCCC2)NCC(C)(C)c1ccc(F)cc1Cl.I. The first-order valence-electron chi connectivity index (χ1n) is 9.22. The molecule has 0 radical (unpaired) electrons. The van der Waals surface area contributed by atoms with Gasteiger partial charge in [0.2, 0.25) is 0 Å². The average molecular weight is 521 g/mol. The molecular formula is C19H27ClFIN6. The van der Waals surface area contributed by atoms with E-state index in [1.165, 1.54) is 18.6 Å². The standard InChI is InChI=1S/C19H26ClFN6.HI/c1-19(2,14-8-7-13(21)10-15(14)20)12-24-18(22-3)23-11-17-26-25-16-6-4-5-9-27(16)17;/h7-8,10H,4-6,9,11-12H2,1-3H3,(H2,22,23,24);1H. The van der Waals surface area contributed by atoms with Gasteiger partial charge >= 0.3 is 0 Å². The Morgan fingerprint density at radius 3 is 2.79 bits per heavy atom. The van der Waals surface area contributed by atoms with Crippen molar-refractivity contribution >= 4 is 41.5 Å². The predicted octanol–water partition coefficient (Wildman–Crippen LogP) is 3.67. The molecule has 154 valence electrons. The molecule has 1 aromatic carbocycles. The number of nitrogens with zero attached hydrogens (tertiary/aromatic N) is 4. The zero-order valence-electron chi connectivity index (χ0n) is 16.4. The highest BCUT2D eigenvalue weighted by Crippen LogP contribution is 2.29. The van der Waals surface area contributed by atoms with E-state index in [4.69, 9.17) is 11.6 Å². The summed E-state index contributed by atoms with van der Waals surface area (Å²) in [7, 11) is 1.73. The summed E-state index contributed by atoms with van der Waals surface area (Å²) in [5.41, 5.74) is 0.594. The molecule has 6 nitrogen and oxygen atoms in total. The van der Waals surface area contributed by atoms with Gasteiger partial charge in [0.05, 0.1) is 6.54 Å². The lowest BCUT2D eigenvalue weighted by Crippen LogP contribution is -2.43. The zero-order valence-corrected chi connectivity index (χ0v) is 19.5. The fourth-order valence-corrected chi connectivity index (χ4v) is 3.74. The lowest BCUT2D eigenvalue weighted by Gasteiger charge is -2.27. The van der Waals surface area contributed by atoms with Crippen molar-refractivity contribution in [1.29, 1.82) is 0 Å². The minimum Gasteiger partial charge on any atom is -0.356 e. The van der Waals surface area contributed by atoms with Gasteiger partial charge in [-0.15, -0.1) is 34.2 Å². The van der Waals surface area contributed by atoms with Crippen molar-refractivity contribution in [3.63, 3.8) is 0 Å². The summed E-state index contributed by atoms with van der Waals surface area (Å²) in [4.78, 5) is 4.28. The second-order valence-electron chi connectivity index (χ2n) is 7.43. The maximum atomic E-state index is 13.3. The van der Waals surface area contributed by atoms with Crippen molar-refractivity contribution in [3.05, 3.63) is 46.3 Å². The summed E-state index contributed by atoms with van der Waals surface area (Å²) in [5, 5.41) is 15.6. The first-order chi connectivity index (χ1) is 12.9. The smallest absolute Gasteiger partial charge is 0.191 e. The second kappa shape index (κ2) is 9.87. The summed E-state index contributed by atoms with van der Waals surface area (Å²) in [6.45, 7) is 6.24. The number of halogens is 3. The first-order valence-corrected chi connectivity index (χ1v) is 9.59. The Balaban J connectivity index is 0.00000280. The van der Waals surface area contributed by atoms with Crippen molar-refractivity contribution in [3.8, 4) is 0 Å². The monoisotopic (exact) mass is 520 g/mol. The van der Waals surface area contributed by atoms with Crippen molar-refractivity contribution in [2.24, 2.45) is 4.99 Å². The number of guanidine groups is 1. The molecule has 9 heteroatoms. The van der Waals surface area contributed by atoms with E-state index in [9.17, 15) is 4.39 Å². The Hall–Kier alpha value is -1.42. The van der Waals surface area contributed by atoms with Gasteiger partial charge in [0, 0.05) is 37.0 Å². The fraction of sp³-hybridized carbons (Fsp3) is 0.526. The highest BCUT2D eigenvalue weighted by atomic mass is 127. The van der Waals surface area contributed by atoms with Gasteiger partial charge in [0.1, 0.15) is 11.6 Å². The van der Waals surface area contributed by atoms with E-state index >= 15 is 0 Å². The van der Waals surface area contributed by atoms with E-state index in [0.717, 1.165) is 36.6 Å². The molecule has 0 aliphatic carbocycles. The topological polar surface area (TPSA) is 67.1 Å². The van der Waals surface area contributed by atoms with Crippen molar-refractivity contribution < 1.29 is 4.39 Å². The Kier molecular flexibility index (Phi) is 8.06. The number of aliphatic imine (C=N–C) groups is 1. The van der Waals surface area contributed by atoms with Gasteiger partial charge in [-0.25, -0.2) is 4.39 Å². The van der Waals surface area contributed by atoms with E-state index in [1.54, 1.807) is 13.1 Å². The van der Waals surface area contributed by atoms with Crippen LogP contribution in [0.5, 0.6) is 0 Å². The van der Waals surface area contributed by atoms with Crippen LogP contribution < -0.4 is 10.6 Å². The van der Waals surface area contributed by atoms with E-state index in [0.29, 0.717) is 24.1 Å². The molecule has 0 atom stereocenters. The van der Waals surface area contributed by atoms with Crippen LogP contribution in [-0.2, 0) is 24.9 Å². The molecular weight excluding hydrogens is 494 g/mol. The van der Waals surface area contributed by atoms with Crippen LogP contribution in [0.25, 0.3) is 0 Å². The molecule has 28 heavy (non-hydrogen) atoms. The molecule has 2 aromatic rings. The highest BCUT2D eigenvalue weighted by Gasteiger charge is 2.24. The minimum atomic E-state index is -0.332. The van der Waals surface area contributed by atoms with Gasteiger partial charge in [0.15, 0.2) is 11.8 Å². The number of hydrogen-bond donors (Lipinski definition) is 2. The maximum absolute atomic E-state index is 13.3.